The number of benzene rings is 2. The standard InChI is InChI=1S/C47H60N4O9/c1-8-36(52)60-40-44(10-3)17-13-19-51-21-18-45(38(44)51)31-22-32(35(57-5)23-34(31)49(4)39(45)47(40,56)42(54)59-7)46(41(53)58-6)25-28-24-43(55,9-2)27-50(26-28)20-16-30-29-14-11-12-15-33(29)48-37(30)46/h11-15,17,22-23,28,38-40,48,55-56H,8-10,16,18-21,24-27H2,1-7H3/t28?,38?,39?,40-,43+,44-,45?,46+,47+/m1/s1. The van der Waals surface area contributed by atoms with E-state index in [1.54, 1.807) is 14.0 Å². The van der Waals surface area contributed by atoms with Gasteiger partial charge in [-0.15, -0.1) is 0 Å². The van der Waals surface area contributed by atoms with Crippen molar-refractivity contribution in [2.45, 2.75) is 106 Å². The number of methoxy groups -OCH3 is 3. The van der Waals surface area contributed by atoms with Crippen LogP contribution in [0.3, 0.4) is 0 Å². The van der Waals surface area contributed by atoms with Gasteiger partial charge < -0.3 is 39.0 Å². The number of aromatic nitrogens is 1. The molecule has 2 bridgehead atoms. The second-order valence-electron chi connectivity index (χ2n) is 18.4. The van der Waals surface area contributed by atoms with E-state index < -0.39 is 57.5 Å². The third-order valence-electron chi connectivity index (χ3n) is 15.9. The maximum absolute atomic E-state index is 15.4. The van der Waals surface area contributed by atoms with E-state index in [2.05, 4.69) is 39.1 Å². The molecule has 0 amide bonds. The fourth-order valence-electron chi connectivity index (χ4n) is 13.6. The van der Waals surface area contributed by atoms with Crippen molar-refractivity contribution in [2.24, 2.45) is 11.3 Å². The number of para-hydroxylation sites is 1. The molecule has 2 saturated heterocycles. The number of H-pyrrole nitrogens is 1. The van der Waals surface area contributed by atoms with Gasteiger partial charge in [-0.1, -0.05) is 51.1 Å². The lowest BCUT2D eigenvalue weighted by molar-refractivity contribution is -0.229. The monoisotopic (exact) mass is 824 g/mol. The first kappa shape index (κ1) is 40.9. The Morgan fingerprint density at radius 3 is 2.40 bits per heavy atom. The molecule has 1 saturated carbocycles. The highest BCUT2D eigenvalue weighted by molar-refractivity contribution is 5.95. The summed E-state index contributed by atoms with van der Waals surface area (Å²) in [6, 6.07) is 11.0. The molecule has 5 unspecified atom stereocenters. The summed E-state index contributed by atoms with van der Waals surface area (Å²) >= 11 is 0. The van der Waals surface area contributed by atoms with Gasteiger partial charge in [0.15, 0.2) is 6.10 Å². The van der Waals surface area contributed by atoms with E-state index in [1.807, 2.05) is 50.1 Å². The van der Waals surface area contributed by atoms with Crippen LogP contribution in [0.15, 0.2) is 48.6 Å². The number of nitrogens with zero attached hydrogens (tertiary/aromatic N) is 3. The van der Waals surface area contributed by atoms with Crippen molar-refractivity contribution in [1.29, 1.82) is 0 Å². The largest absolute Gasteiger partial charge is 0.496 e. The van der Waals surface area contributed by atoms with Gasteiger partial charge in [-0.25, -0.2) is 4.79 Å². The predicted octanol–water partition coefficient (Wildman–Crippen LogP) is 4.38. The zero-order valence-electron chi connectivity index (χ0n) is 36.0. The molecule has 1 aliphatic carbocycles. The Bertz CT molecular complexity index is 2270. The molecule has 5 aliphatic heterocycles. The molecule has 13 nitrogen and oxygen atoms in total. The van der Waals surface area contributed by atoms with Crippen LogP contribution in [0.25, 0.3) is 10.9 Å². The molecule has 1 aromatic heterocycles. The van der Waals surface area contributed by atoms with Crippen molar-refractivity contribution in [1.82, 2.24) is 14.8 Å². The minimum Gasteiger partial charge on any atom is -0.496 e. The van der Waals surface area contributed by atoms with Gasteiger partial charge in [-0.2, -0.15) is 0 Å². The smallest absolute Gasteiger partial charge is 0.344 e. The Morgan fingerprint density at radius 2 is 1.70 bits per heavy atom. The molecular weight excluding hydrogens is 765 g/mol. The van der Waals surface area contributed by atoms with Crippen molar-refractivity contribution in [3.05, 3.63) is 70.9 Å². The molecule has 2 aromatic carbocycles. The highest BCUT2D eigenvalue weighted by Crippen LogP contribution is 2.68. The average Bonchev–Trinajstić information content (AvgIpc) is 3.92. The molecule has 3 fully saturated rings. The fourth-order valence-corrected chi connectivity index (χ4v) is 13.6. The summed E-state index contributed by atoms with van der Waals surface area (Å²) in [6.07, 6.45) is 6.05. The molecule has 13 heteroatoms. The lowest BCUT2D eigenvalue weighted by Gasteiger charge is -2.63. The number of anilines is 1. The molecule has 1 spiro atoms. The number of hydrogen-bond acceptors (Lipinski definition) is 12. The van der Waals surface area contributed by atoms with Gasteiger partial charge >= 0.3 is 17.9 Å². The van der Waals surface area contributed by atoms with Gasteiger partial charge in [-0.05, 0) is 74.2 Å². The molecule has 60 heavy (non-hydrogen) atoms. The lowest BCUT2D eigenvalue weighted by Crippen LogP contribution is -2.81. The van der Waals surface area contributed by atoms with Crippen molar-refractivity contribution >= 4 is 34.5 Å². The molecule has 0 radical (unpaired) electrons. The molecule has 3 N–H and O–H groups in total. The van der Waals surface area contributed by atoms with Crippen LogP contribution in [-0.4, -0.2) is 133 Å². The maximum atomic E-state index is 15.4. The third kappa shape index (κ3) is 5.27. The van der Waals surface area contributed by atoms with Gasteiger partial charge in [0.1, 0.15) is 11.2 Å². The van der Waals surface area contributed by atoms with Crippen molar-refractivity contribution in [3.8, 4) is 5.75 Å². The van der Waals surface area contributed by atoms with Crippen molar-refractivity contribution < 1.29 is 43.5 Å². The summed E-state index contributed by atoms with van der Waals surface area (Å²) in [5, 5.41) is 26.4. The normalized spacial score (nSPS) is 36.5. The molecule has 6 heterocycles. The Balaban J connectivity index is 1.36. The summed E-state index contributed by atoms with van der Waals surface area (Å²) < 4.78 is 24.1. The van der Waals surface area contributed by atoms with E-state index >= 15 is 4.79 Å². The number of fused-ring (bicyclic) bond motifs is 6. The second kappa shape index (κ2) is 14.3. The Hall–Kier alpha value is -4.43. The number of rotatable bonds is 8. The van der Waals surface area contributed by atoms with Crippen LogP contribution in [0, 0.1) is 11.3 Å². The van der Waals surface area contributed by atoms with Crippen LogP contribution in [0.2, 0.25) is 0 Å². The first-order valence-electron chi connectivity index (χ1n) is 21.8. The quantitative estimate of drug-likeness (QED) is 0.168. The highest BCUT2D eigenvalue weighted by Gasteiger charge is 2.80. The summed E-state index contributed by atoms with van der Waals surface area (Å²) in [5.41, 5.74) is -1.62. The summed E-state index contributed by atoms with van der Waals surface area (Å²) in [5.74, 6) is -1.46. The van der Waals surface area contributed by atoms with E-state index in [9.17, 15) is 19.8 Å². The van der Waals surface area contributed by atoms with Gasteiger partial charge in [-0.3, -0.25) is 19.4 Å². The van der Waals surface area contributed by atoms with Crippen LogP contribution in [-0.2, 0) is 45.8 Å². The van der Waals surface area contributed by atoms with Crippen molar-refractivity contribution in [3.63, 3.8) is 0 Å². The third-order valence-corrected chi connectivity index (χ3v) is 15.9. The highest BCUT2D eigenvalue weighted by atomic mass is 16.6. The molecule has 322 valence electrons. The minimum absolute atomic E-state index is 0.0673. The number of aliphatic hydroxyl groups is 2. The van der Waals surface area contributed by atoms with E-state index in [-0.39, 0.29) is 18.4 Å². The Morgan fingerprint density at radius 1 is 0.933 bits per heavy atom. The maximum Gasteiger partial charge on any atom is 0.344 e. The topological polar surface area (TPSA) is 154 Å². The average molecular weight is 825 g/mol. The Labute approximate surface area is 352 Å². The van der Waals surface area contributed by atoms with Gasteiger partial charge in [0, 0.05) is 90.4 Å². The van der Waals surface area contributed by atoms with Crippen LogP contribution in [0.5, 0.6) is 5.75 Å². The molecule has 6 aliphatic rings. The first-order chi connectivity index (χ1) is 28.8. The molecule has 10 atom stereocenters. The number of hydrogen-bond donors (Lipinski definition) is 3. The number of ether oxygens (including phenoxy) is 4. The summed E-state index contributed by atoms with van der Waals surface area (Å²) in [4.78, 5) is 53.7. The van der Waals surface area contributed by atoms with Crippen molar-refractivity contribution in [2.75, 3.05) is 66.0 Å². The van der Waals surface area contributed by atoms with E-state index in [0.717, 1.165) is 33.4 Å². The van der Waals surface area contributed by atoms with Crippen LogP contribution in [0.4, 0.5) is 5.69 Å². The predicted molar refractivity (Wildman–Crippen MR) is 225 cm³/mol. The first-order valence-corrected chi connectivity index (χ1v) is 21.8. The zero-order valence-corrected chi connectivity index (χ0v) is 36.0. The van der Waals surface area contributed by atoms with Crippen LogP contribution >= 0.6 is 0 Å². The van der Waals surface area contributed by atoms with Crippen LogP contribution in [0.1, 0.15) is 81.7 Å². The number of nitrogens with one attached hydrogen (secondary N) is 1. The number of carbonyl (C=O) groups excluding carboxylic acids is 3. The molecular formula is C47H60N4O9. The second-order valence-corrected chi connectivity index (χ2v) is 18.4. The lowest BCUT2D eigenvalue weighted by atomic mass is 9.47. The SMILES string of the molecule is CCC(=O)O[C@@H]1[C@]2(CC)C=CCN3CCC4(c5cc([C@@]6(C(=O)OC)CC7CN(CCc8c6[nH]c6ccccc86)C[C@](O)(CC)C7)c(OC)cc5N(C)C4[C@@]1(O)C(=O)OC)C32. The van der Waals surface area contributed by atoms with E-state index in [4.69, 9.17) is 18.9 Å². The Kier molecular flexibility index (Phi) is 9.77. The van der Waals surface area contributed by atoms with Gasteiger partial charge in [0.2, 0.25) is 5.60 Å². The molecule has 3 aromatic rings. The van der Waals surface area contributed by atoms with Gasteiger partial charge in [0.25, 0.3) is 0 Å². The number of piperidine rings is 1. The van der Waals surface area contributed by atoms with E-state index in [1.165, 1.54) is 14.2 Å². The number of aromatic amines is 1. The number of esters is 3. The minimum atomic E-state index is -2.30. The van der Waals surface area contributed by atoms with Gasteiger partial charge in [0.05, 0.1) is 33.0 Å². The molecule has 9 rings (SSSR count). The fraction of sp³-hybridized carbons (Fsp3) is 0.596. The number of likely N-dealkylation sites (N-methyl/N-ethyl adjacent to an activating group) is 1. The summed E-state index contributed by atoms with van der Waals surface area (Å²) in [6.45, 7) is 9.04. The zero-order chi connectivity index (χ0) is 42.6. The van der Waals surface area contributed by atoms with Crippen LogP contribution < -0.4 is 9.64 Å². The van der Waals surface area contributed by atoms with E-state index in [0.29, 0.717) is 82.6 Å². The number of carbonyl (C=O) groups is 3. The summed E-state index contributed by atoms with van der Waals surface area (Å²) in [7, 11) is 6.17.